The fourth-order valence-corrected chi connectivity index (χ4v) is 2.48. The zero-order valence-corrected chi connectivity index (χ0v) is 13.7. The molecule has 0 saturated carbocycles. The first-order valence-corrected chi connectivity index (χ1v) is 7.88. The lowest BCUT2D eigenvalue weighted by Crippen LogP contribution is -2.25. The molecule has 2 nitrogen and oxygen atoms in total. The van der Waals surface area contributed by atoms with Crippen LogP contribution < -0.4 is 0 Å². The number of allylic oxidation sites excluding steroid dienone is 2. The molecule has 0 aliphatic rings. The monoisotopic (exact) mass is 325 g/mol. The first-order valence-electron chi connectivity index (χ1n) is 7.09. The fourth-order valence-electron chi connectivity index (χ4n) is 2.14. The SMILES string of the molecule is CC/C(=C\CCC(O)(CC)CC)c1cccc(Br)n1. The molecule has 0 atom stereocenters. The third-order valence-corrected chi connectivity index (χ3v) is 4.18. The van der Waals surface area contributed by atoms with Gasteiger partial charge in [0.2, 0.25) is 0 Å². The predicted molar refractivity (Wildman–Crippen MR) is 85.0 cm³/mol. The smallest absolute Gasteiger partial charge is 0.106 e. The lowest BCUT2D eigenvalue weighted by atomic mass is 9.91. The second kappa shape index (κ2) is 7.81. The van der Waals surface area contributed by atoms with E-state index in [1.165, 1.54) is 5.57 Å². The molecule has 0 fully saturated rings. The first-order chi connectivity index (χ1) is 9.04. The van der Waals surface area contributed by atoms with Crippen molar-refractivity contribution in [3.8, 4) is 0 Å². The Hall–Kier alpha value is -0.670. The minimum atomic E-state index is -0.514. The van der Waals surface area contributed by atoms with Gasteiger partial charge in [0, 0.05) is 0 Å². The van der Waals surface area contributed by atoms with Crippen LogP contribution in [0.4, 0.5) is 0 Å². The van der Waals surface area contributed by atoms with Crippen molar-refractivity contribution in [2.24, 2.45) is 0 Å². The highest BCUT2D eigenvalue weighted by Crippen LogP contribution is 2.24. The van der Waals surface area contributed by atoms with Crippen molar-refractivity contribution < 1.29 is 5.11 Å². The van der Waals surface area contributed by atoms with Gasteiger partial charge in [0.25, 0.3) is 0 Å². The molecule has 0 amide bonds. The molecule has 106 valence electrons. The van der Waals surface area contributed by atoms with Crippen LogP contribution in [0.1, 0.15) is 58.6 Å². The number of aliphatic hydroxyl groups is 1. The van der Waals surface area contributed by atoms with E-state index in [0.29, 0.717) is 0 Å². The molecule has 0 radical (unpaired) electrons. The molecule has 0 bridgehead atoms. The van der Waals surface area contributed by atoms with Gasteiger partial charge in [-0.25, -0.2) is 4.98 Å². The number of pyridine rings is 1. The van der Waals surface area contributed by atoms with Gasteiger partial charge in [0.05, 0.1) is 11.3 Å². The summed E-state index contributed by atoms with van der Waals surface area (Å²) in [5.74, 6) is 0. The number of rotatable bonds is 7. The molecule has 0 spiro atoms. The lowest BCUT2D eigenvalue weighted by Gasteiger charge is -2.24. The third-order valence-electron chi connectivity index (χ3n) is 3.74. The highest BCUT2D eigenvalue weighted by Gasteiger charge is 2.20. The Bertz CT molecular complexity index is 425. The highest BCUT2D eigenvalue weighted by atomic mass is 79.9. The van der Waals surface area contributed by atoms with Gasteiger partial charge in [0.1, 0.15) is 4.60 Å². The Labute approximate surface area is 125 Å². The Morgan fingerprint density at radius 2 is 2.00 bits per heavy atom. The third kappa shape index (κ3) is 5.07. The van der Waals surface area contributed by atoms with Gasteiger partial charge >= 0.3 is 0 Å². The lowest BCUT2D eigenvalue weighted by molar-refractivity contribution is 0.0246. The summed E-state index contributed by atoms with van der Waals surface area (Å²) < 4.78 is 0.864. The van der Waals surface area contributed by atoms with Crippen LogP contribution in [0, 0.1) is 0 Å². The average molecular weight is 326 g/mol. The van der Waals surface area contributed by atoms with E-state index in [-0.39, 0.29) is 0 Å². The highest BCUT2D eigenvalue weighted by molar-refractivity contribution is 9.10. The molecule has 1 N–H and O–H groups in total. The molecular weight excluding hydrogens is 302 g/mol. The molecule has 1 aromatic rings. The van der Waals surface area contributed by atoms with Crippen molar-refractivity contribution in [3.05, 3.63) is 34.6 Å². The van der Waals surface area contributed by atoms with Crippen molar-refractivity contribution in [1.82, 2.24) is 4.98 Å². The maximum Gasteiger partial charge on any atom is 0.106 e. The normalized spacial score (nSPS) is 12.8. The van der Waals surface area contributed by atoms with Crippen LogP contribution in [0.25, 0.3) is 5.57 Å². The Morgan fingerprint density at radius 1 is 1.32 bits per heavy atom. The first kappa shape index (κ1) is 16.4. The van der Waals surface area contributed by atoms with E-state index in [2.05, 4.69) is 33.9 Å². The van der Waals surface area contributed by atoms with Crippen molar-refractivity contribution in [1.29, 1.82) is 0 Å². The quantitative estimate of drug-likeness (QED) is 0.718. The van der Waals surface area contributed by atoms with Crippen LogP contribution in [0.5, 0.6) is 0 Å². The van der Waals surface area contributed by atoms with E-state index in [4.69, 9.17) is 0 Å². The minimum Gasteiger partial charge on any atom is -0.390 e. The molecule has 0 aliphatic carbocycles. The molecular formula is C16H24BrNO. The summed E-state index contributed by atoms with van der Waals surface area (Å²) in [6, 6.07) is 5.97. The standard InChI is InChI=1S/C16H24BrNO/c1-4-13(14-10-7-11-15(17)18-14)9-8-12-16(19,5-2)6-3/h7,9-11,19H,4-6,8,12H2,1-3H3/b13-9+. The zero-order chi connectivity index (χ0) is 14.3. The summed E-state index contributed by atoms with van der Waals surface area (Å²) in [5.41, 5.74) is 1.75. The molecule has 0 aromatic carbocycles. The summed E-state index contributed by atoms with van der Waals surface area (Å²) in [5, 5.41) is 10.3. The van der Waals surface area contributed by atoms with Crippen molar-refractivity contribution >= 4 is 21.5 Å². The van der Waals surface area contributed by atoms with Gasteiger partial charge in [-0.3, -0.25) is 0 Å². The Kier molecular flexibility index (Phi) is 6.73. The second-order valence-corrected chi connectivity index (χ2v) is 5.71. The van der Waals surface area contributed by atoms with Crippen molar-refractivity contribution in [2.75, 3.05) is 0 Å². The molecule has 0 aliphatic heterocycles. The topological polar surface area (TPSA) is 33.1 Å². The summed E-state index contributed by atoms with van der Waals surface area (Å²) in [4.78, 5) is 4.49. The van der Waals surface area contributed by atoms with Gasteiger partial charge in [0.15, 0.2) is 0 Å². The average Bonchev–Trinajstić information content (AvgIpc) is 2.43. The summed E-state index contributed by atoms with van der Waals surface area (Å²) in [6.45, 7) is 6.23. The Balaban J connectivity index is 2.73. The summed E-state index contributed by atoms with van der Waals surface area (Å²) in [7, 11) is 0. The molecule has 1 rings (SSSR count). The fraction of sp³-hybridized carbons (Fsp3) is 0.562. The zero-order valence-electron chi connectivity index (χ0n) is 12.1. The number of nitrogens with zero attached hydrogens (tertiary/aromatic N) is 1. The van der Waals surface area contributed by atoms with E-state index in [1.807, 2.05) is 32.0 Å². The van der Waals surface area contributed by atoms with Crippen LogP contribution in [0.15, 0.2) is 28.9 Å². The number of aromatic nitrogens is 1. The van der Waals surface area contributed by atoms with Gasteiger partial charge in [-0.15, -0.1) is 0 Å². The van der Waals surface area contributed by atoms with Gasteiger partial charge < -0.3 is 5.11 Å². The molecule has 0 unspecified atom stereocenters. The molecule has 0 saturated heterocycles. The maximum absolute atomic E-state index is 10.3. The predicted octanol–water partition coefficient (Wildman–Crippen LogP) is 4.97. The van der Waals surface area contributed by atoms with Gasteiger partial charge in [-0.2, -0.15) is 0 Å². The summed E-state index contributed by atoms with van der Waals surface area (Å²) in [6.07, 6.45) is 6.51. The van der Waals surface area contributed by atoms with Crippen LogP contribution in [0.2, 0.25) is 0 Å². The van der Waals surface area contributed by atoms with Crippen molar-refractivity contribution in [3.63, 3.8) is 0 Å². The van der Waals surface area contributed by atoms with Gasteiger partial charge in [-0.1, -0.05) is 32.9 Å². The van der Waals surface area contributed by atoms with E-state index in [0.717, 1.165) is 42.4 Å². The van der Waals surface area contributed by atoms with Crippen LogP contribution in [-0.4, -0.2) is 15.7 Å². The van der Waals surface area contributed by atoms with E-state index >= 15 is 0 Å². The van der Waals surface area contributed by atoms with Crippen molar-refractivity contribution in [2.45, 2.75) is 58.5 Å². The molecule has 1 aromatic heterocycles. The number of hydrogen-bond donors (Lipinski definition) is 1. The van der Waals surface area contributed by atoms with E-state index in [9.17, 15) is 5.11 Å². The summed E-state index contributed by atoms with van der Waals surface area (Å²) >= 11 is 3.40. The minimum absolute atomic E-state index is 0.514. The Morgan fingerprint density at radius 3 is 2.53 bits per heavy atom. The van der Waals surface area contributed by atoms with Gasteiger partial charge in [-0.05, 0) is 65.7 Å². The number of halogens is 1. The van der Waals surface area contributed by atoms with E-state index in [1.54, 1.807) is 0 Å². The molecule has 1 heterocycles. The molecule has 3 heteroatoms. The van der Waals surface area contributed by atoms with Crippen LogP contribution >= 0.6 is 15.9 Å². The van der Waals surface area contributed by atoms with Crippen LogP contribution in [-0.2, 0) is 0 Å². The van der Waals surface area contributed by atoms with Crippen LogP contribution in [0.3, 0.4) is 0 Å². The maximum atomic E-state index is 10.3. The largest absolute Gasteiger partial charge is 0.390 e. The number of hydrogen-bond acceptors (Lipinski definition) is 2. The molecule has 19 heavy (non-hydrogen) atoms. The van der Waals surface area contributed by atoms with E-state index < -0.39 is 5.60 Å². The second-order valence-electron chi connectivity index (χ2n) is 4.90.